The Morgan fingerprint density at radius 2 is 1.20 bits per heavy atom. The standard InChI is InChI=1S/C52H72N6O24S/c1-29(59)28-83-38-21-41(64)58(49(38)70)8-9-76-32-4-5-35-33(20-32)34(50(71)78-19-17-73-13-15-75-27-40(63)54-23-37-46(67)48(69)44-52(82-37)80-11-7-57(44)31(3)61)24-55(35)25-42(65)77-18-16-72-12-14-74-26-39(62)53-22-36-45(66)47(68)43-51(81-36)79-10-6-56(43)30(2)60/h4-5,20,24,36-38,43-48,51-52,66-69H,6-19,21-23,25-28H2,1-3H3,(H,53,62)(H,54,63)/t36-,37?,38?,43-,44-,45+,46+,47-,48-,51?,52?/m1/s1. The zero-order valence-corrected chi connectivity index (χ0v) is 47.0. The Morgan fingerprint density at radius 3 is 1.75 bits per heavy atom. The number of esters is 2. The first-order chi connectivity index (χ1) is 39.8. The van der Waals surface area contributed by atoms with E-state index in [4.69, 9.17) is 52.1 Å². The van der Waals surface area contributed by atoms with Crippen LogP contribution in [-0.2, 0) is 92.3 Å². The number of benzene rings is 1. The number of nitrogens with one attached hydrogen (secondary N) is 2. The second-order valence-corrected chi connectivity index (χ2v) is 21.0. The molecule has 6 N–H and O–H groups in total. The summed E-state index contributed by atoms with van der Waals surface area (Å²) in [6, 6.07) is 2.94. The van der Waals surface area contributed by atoms with Crippen LogP contribution in [0.3, 0.4) is 0 Å². The minimum atomic E-state index is -1.41. The van der Waals surface area contributed by atoms with Crippen molar-refractivity contribution in [3.05, 3.63) is 30.0 Å². The van der Waals surface area contributed by atoms with Gasteiger partial charge < -0.3 is 97.5 Å². The number of morpholine rings is 2. The number of Topliss-reactive ketones (excluding diaryl/α,β-unsaturated/α-hetero) is 1. The Hall–Kier alpha value is -5.94. The van der Waals surface area contributed by atoms with Gasteiger partial charge in [-0.1, -0.05) is 0 Å². The van der Waals surface area contributed by atoms with Crippen molar-refractivity contribution in [3.63, 3.8) is 0 Å². The maximum atomic E-state index is 13.6. The van der Waals surface area contributed by atoms with Crippen molar-refractivity contribution in [2.45, 2.75) is 100 Å². The smallest absolute Gasteiger partial charge is 0.340 e. The summed E-state index contributed by atoms with van der Waals surface area (Å²) in [5, 5.41) is 47.5. The quantitative estimate of drug-likeness (QED) is 0.0246. The van der Waals surface area contributed by atoms with Gasteiger partial charge in [-0.2, -0.15) is 0 Å². The number of aliphatic hydroxyl groups is 4. The van der Waals surface area contributed by atoms with Crippen LogP contribution in [0.5, 0.6) is 5.75 Å². The van der Waals surface area contributed by atoms with E-state index in [1.165, 1.54) is 41.3 Å². The monoisotopic (exact) mass is 1200 g/mol. The number of imide groups is 1. The number of aromatic nitrogens is 1. The number of aliphatic hydroxyl groups excluding tert-OH is 4. The fourth-order valence-electron chi connectivity index (χ4n) is 9.80. The lowest BCUT2D eigenvalue weighted by Crippen LogP contribution is -2.68. The van der Waals surface area contributed by atoms with Gasteiger partial charge in [0.1, 0.15) is 99.8 Å². The summed E-state index contributed by atoms with van der Waals surface area (Å²) in [6.07, 6.45) is -8.17. The number of fused-ring (bicyclic) bond motifs is 3. The predicted molar refractivity (Wildman–Crippen MR) is 282 cm³/mol. The average molecular weight is 1200 g/mol. The van der Waals surface area contributed by atoms with Crippen LogP contribution in [0.2, 0.25) is 0 Å². The highest BCUT2D eigenvalue weighted by atomic mass is 32.2. The molecule has 5 fully saturated rings. The van der Waals surface area contributed by atoms with Gasteiger partial charge in [-0.15, -0.1) is 11.8 Å². The lowest BCUT2D eigenvalue weighted by Gasteiger charge is -2.49. The molecular formula is C52H72N6O24S. The van der Waals surface area contributed by atoms with Gasteiger partial charge in [-0.25, -0.2) is 4.79 Å². The average Bonchev–Trinajstić information content (AvgIpc) is 4.13. The van der Waals surface area contributed by atoms with Crippen LogP contribution in [0.4, 0.5) is 0 Å². The molecule has 31 heteroatoms. The lowest BCUT2D eigenvalue weighted by atomic mass is 9.94. The number of hydrogen-bond acceptors (Lipinski definition) is 25. The maximum Gasteiger partial charge on any atom is 0.340 e. The van der Waals surface area contributed by atoms with Crippen molar-refractivity contribution < 1.29 is 116 Å². The molecule has 6 heterocycles. The zero-order chi connectivity index (χ0) is 59.7. The van der Waals surface area contributed by atoms with E-state index >= 15 is 0 Å². The minimum Gasteiger partial charge on any atom is -0.492 e. The summed E-state index contributed by atoms with van der Waals surface area (Å²) >= 11 is 1.11. The van der Waals surface area contributed by atoms with E-state index in [0.29, 0.717) is 10.9 Å². The fourth-order valence-corrected chi connectivity index (χ4v) is 10.8. The van der Waals surface area contributed by atoms with Gasteiger partial charge in [0.05, 0.1) is 76.0 Å². The number of thioether (sulfide) groups is 1. The van der Waals surface area contributed by atoms with Crippen LogP contribution in [-0.4, -0.2) is 284 Å². The molecule has 0 saturated carbocycles. The van der Waals surface area contributed by atoms with Crippen LogP contribution in [0.15, 0.2) is 24.4 Å². The van der Waals surface area contributed by atoms with E-state index in [0.717, 1.165) is 16.7 Å². The molecule has 1 aromatic heterocycles. The molecule has 5 saturated heterocycles. The molecule has 0 aliphatic carbocycles. The Bertz CT molecular complexity index is 2610. The van der Waals surface area contributed by atoms with Crippen molar-refractivity contribution in [3.8, 4) is 5.75 Å². The minimum absolute atomic E-state index is 0.000812. The Balaban J connectivity index is 0.817. The molecule has 1 aromatic carbocycles. The first kappa shape index (κ1) is 64.6. The summed E-state index contributed by atoms with van der Waals surface area (Å²) in [7, 11) is 0. The summed E-state index contributed by atoms with van der Waals surface area (Å²) in [6.45, 7) is 2.94. The van der Waals surface area contributed by atoms with E-state index in [1.54, 1.807) is 18.2 Å². The van der Waals surface area contributed by atoms with Gasteiger partial charge in [-0.3, -0.25) is 43.3 Å². The van der Waals surface area contributed by atoms with Crippen molar-refractivity contribution in [2.24, 2.45) is 0 Å². The topological polar surface area (TPSA) is 375 Å². The van der Waals surface area contributed by atoms with Crippen LogP contribution in [0, 0.1) is 0 Å². The third-order valence-corrected chi connectivity index (χ3v) is 15.2. The zero-order valence-electron chi connectivity index (χ0n) is 46.2. The number of hydrogen-bond donors (Lipinski definition) is 6. The summed E-state index contributed by atoms with van der Waals surface area (Å²) in [5.41, 5.74) is 0.477. The van der Waals surface area contributed by atoms with Crippen molar-refractivity contribution >= 4 is 75.8 Å². The van der Waals surface area contributed by atoms with Gasteiger partial charge in [0.25, 0.3) is 0 Å². The molecule has 7 rings (SSSR count). The number of nitrogens with zero attached hydrogens (tertiary/aromatic N) is 4. The molecule has 460 valence electrons. The number of likely N-dealkylation sites (tertiary alicyclic amines) is 1. The van der Waals surface area contributed by atoms with Crippen molar-refractivity contribution in [2.75, 3.05) is 124 Å². The van der Waals surface area contributed by atoms with E-state index in [1.807, 2.05) is 0 Å². The number of carbonyl (C=O) groups excluding carboxylic acids is 9. The highest BCUT2D eigenvalue weighted by Crippen LogP contribution is 2.32. The highest BCUT2D eigenvalue weighted by Gasteiger charge is 2.51. The van der Waals surface area contributed by atoms with Gasteiger partial charge >= 0.3 is 11.9 Å². The Labute approximate surface area is 480 Å². The Kier molecular flexibility index (Phi) is 24.3. The summed E-state index contributed by atoms with van der Waals surface area (Å²) < 4.78 is 62.6. The molecule has 11 atom stereocenters. The molecule has 0 radical (unpaired) electrons. The SMILES string of the molecule is CC(=O)CSC1CC(=O)N(CCOc2ccc3c(c2)c(C(=O)OCCOCCOCC(=O)NCC2OC4OCCN(C(C)=O)[C@@H]4[C@@H](O)[C@H]2O)cn3CC(=O)OCCOCCOCC(=O)NC[C@H]2OC3OCCN(C(C)=O)[C@@H]3[C@@H](O)[C@H]2O)C1=O. The van der Waals surface area contributed by atoms with Crippen molar-refractivity contribution in [1.82, 2.24) is 29.9 Å². The van der Waals surface area contributed by atoms with Gasteiger partial charge in [-0.05, 0) is 25.1 Å². The van der Waals surface area contributed by atoms with Gasteiger partial charge in [0.15, 0.2) is 12.6 Å². The molecule has 0 bridgehead atoms. The second kappa shape index (κ2) is 31.3. The molecule has 83 heavy (non-hydrogen) atoms. The molecule has 4 unspecified atom stereocenters. The number of carbonyl (C=O) groups is 9. The third-order valence-electron chi connectivity index (χ3n) is 13.9. The van der Waals surface area contributed by atoms with E-state index < -0.39 is 96.2 Å². The largest absolute Gasteiger partial charge is 0.492 e. The van der Waals surface area contributed by atoms with E-state index in [2.05, 4.69) is 10.6 Å². The first-order valence-corrected chi connectivity index (χ1v) is 28.1. The third kappa shape index (κ3) is 17.6. The maximum absolute atomic E-state index is 13.6. The van der Waals surface area contributed by atoms with E-state index in [9.17, 15) is 63.6 Å². The van der Waals surface area contributed by atoms with Crippen LogP contribution in [0.1, 0.15) is 37.6 Å². The molecule has 2 aromatic rings. The van der Waals surface area contributed by atoms with Crippen LogP contribution < -0.4 is 15.4 Å². The fraction of sp³-hybridized carbons (Fsp3) is 0.673. The number of rotatable bonds is 30. The molecule has 0 spiro atoms. The van der Waals surface area contributed by atoms with Crippen LogP contribution in [0.25, 0.3) is 10.9 Å². The predicted octanol–water partition coefficient (Wildman–Crippen LogP) is -4.14. The molecule has 5 aliphatic heterocycles. The van der Waals surface area contributed by atoms with Gasteiger partial charge in [0, 0.05) is 63.5 Å². The first-order valence-electron chi connectivity index (χ1n) is 27.0. The van der Waals surface area contributed by atoms with E-state index in [-0.39, 0.29) is 172 Å². The molecule has 5 aliphatic rings. The van der Waals surface area contributed by atoms with Crippen LogP contribution >= 0.6 is 11.8 Å². The summed E-state index contributed by atoms with van der Waals surface area (Å²) in [4.78, 5) is 116. The van der Waals surface area contributed by atoms with Gasteiger partial charge in [0.2, 0.25) is 35.4 Å². The lowest BCUT2D eigenvalue weighted by molar-refractivity contribution is -0.296. The molecule has 6 amide bonds. The van der Waals surface area contributed by atoms with Crippen molar-refractivity contribution in [1.29, 1.82) is 0 Å². The summed E-state index contributed by atoms with van der Waals surface area (Å²) in [5.74, 6) is -3.69. The number of amides is 6. The normalized spacial score (nSPS) is 26.1. The Morgan fingerprint density at radius 1 is 0.675 bits per heavy atom. The second-order valence-electron chi connectivity index (χ2n) is 19.8. The number of ketones is 1. The highest BCUT2D eigenvalue weighted by molar-refractivity contribution is 8.01. The molecule has 30 nitrogen and oxygen atoms in total. The molecular weight excluding hydrogens is 1120 g/mol. The number of ether oxygens (including phenoxy) is 11.